The van der Waals surface area contributed by atoms with Gasteiger partial charge in [0.2, 0.25) is 0 Å². The second kappa shape index (κ2) is 6.03. The second-order valence-electron chi connectivity index (χ2n) is 5.75. The predicted octanol–water partition coefficient (Wildman–Crippen LogP) is 4.29. The smallest absolute Gasteiger partial charge is 0.155 e. The number of hydrogen-bond acceptors (Lipinski definition) is 1. The Kier molecular flexibility index (Phi) is 4.98. The molecule has 0 aromatic rings. The topological polar surface area (TPSA) is 17.1 Å². The molecule has 0 saturated carbocycles. The van der Waals surface area contributed by atoms with E-state index in [-0.39, 0.29) is 5.78 Å². The Morgan fingerprint density at radius 2 is 1.88 bits per heavy atom. The first kappa shape index (κ1) is 13.2. The quantitative estimate of drug-likeness (QED) is 0.556. The van der Waals surface area contributed by atoms with Crippen molar-refractivity contribution in [3.8, 4) is 0 Å². The molecule has 0 N–H and O–H groups in total. The van der Waals surface area contributed by atoms with Crippen LogP contribution < -0.4 is 0 Å². The maximum absolute atomic E-state index is 11.4. The van der Waals surface area contributed by atoms with Crippen molar-refractivity contribution in [2.75, 3.05) is 0 Å². The van der Waals surface area contributed by atoms with Crippen LogP contribution in [0, 0.1) is 11.3 Å². The van der Waals surface area contributed by atoms with Crippen molar-refractivity contribution < 1.29 is 4.79 Å². The number of ketones is 1. The Morgan fingerprint density at radius 1 is 1.12 bits per heavy atom. The average Bonchev–Trinajstić information content (AvgIpc) is 2.22. The molecule has 1 unspecified atom stereocenters. The third kappa shape index (κ3) is 4.78. The van der Waals surface area contributed by atoms with Crippen LogP contribution >= 0.6 is 0 Å². The highest BCUT2D eigenvalue weighted by atomic mass is 16.1. The van der Waals surface area contributed by atoms with Crippen LogP contribution in [0.5, 0.6) is 0 Å². The van der Waals surface area contributed by atoms with Crippen molar-refractivity contribution in [2.24, 2.45) is 11.3 Å². The Bertz CT molecular complexity index is 278. The minimum absolute atomic E-state index is 0.263. The highest BCUT2D eigenvalue weighted by molar-refractivity contribution is 5.89. The average molecular weight is 220 g/mol. The van der Waals surface area contributed by atoms with Gasteiger partial charge in [0.25, 0.3) is 0 Å². The van der Waals surface area contributed by atoms with Gasteiger partial charge in [-0.05, 0) is 43.1 Å². The molecule has 0 heterocycles. The summed E-state index contributed by atoms with van der Waals surface area (Å²) < 4.78 is 0. The van der Waals surface area contributed by atoms with Crippen LogP contribution in [0.15, 0.2) is 24.3 Å². The molecule has 0 aromatic heterocycles. The molecule has 0 radical (unpaired) electrons. The maximum atomic E-state index is 11.4. The number of hydrogen-bond donors (Lipinski definition) is 0. The molecule has 1 aliphatic carbocycles. The fraction of sp³-hybridized carbons (Fsp3) is 0.667. The van der Waals surface area contributed by atoms with E-state index in [4.69, 9.17) is 0 Å². The summed E-state index contributed by atoms with van der Waals surface area (Å²) in [6, 6.07) is 0. The SMILES string of the molecule is CC(C)(C)C1CC=CCCC(=O)C=CCC1. The molecule has 1 atom stereocenters. The summed E-state index contributed by atoms with van der Waals surface area (Å²) >= 11 is 0. The number of rotatable bonds is 0. The first-order valence-electron chi connectivity index (χ1n) is 6.34. The van der Waals surface area contributed by atoms with Gasteiger partial charge in [0.05, 0.1) is 0 Å². The van der Waals surface area contributed by atoms with Gasteiger partial charge in [0.1, 0.15) is 0 Å². The number of allylic oxidation sites excluding steroid dienone is 4. The molecule has 0 saturated heterocycles. The van der Waals surface area contributed by atoms with E-state index in [1.54, 1.807) is 6.08 Å². The first-order chi connectivity index (χ1) is 7.50. The van der Waals surface area contributed by atoms with E-state index in [0.29, 0.717) is 17.8 Å². The van der Waals surface area contributed by atoms with E-state index in [1.165, 1.54) is 6.42 Å². The van der Waals surface area contributed by atoms with E-state index in [1.807, 2.05) is 6.08 Å². The van der Waals surface area contributed by atoms with Crippen LogP contribution in [0.4, 0.5) is 0 Å². The van der Waals surface area contributed by atoms with Crippen LogP contribution in [0.3, 0.4) is 0 Å². The molecule has 0 aliphatic heterocycles. The summed E-state index contributed by atoms with van der Waals surface area (Å²) in [4.78, 5) is 11.4. The summed E-state index contributed by atoms with van der Waals surface area (Å²) in [7, 11) is 0. The minimum Gasteiger partial charge on any atom is -0.295 e. The molecule has 16 heavy (non-hydrogen) atoms. The van der Waals surface area contributed by atoms with Crippen LogP contribution in [-0.2, 0) is 4.79 Å². The van der Waals surface area contributed by atoms with E-state index in [2.05, 4.69) is 32.9 Å². The largest absolute Gasteiger partial charge is 0.295 e. The van der Waals surface area contributed by atoms with Gasteiger partial charge in [-0.25, -0.2) is 0 Å². The van der Waals surface area contributed by atoms with Gasteiger partial charge >= 0.3 is 0 Å². The van der Waals surface area contributed by atoms with Gasteiger partial charge in [-0.15, -0.1) is 0 Å². The van der Waals surface area contributed by atoms with Gasteiger partial charge in [-0.2, -0.15) is 0 Å². The molecule has 0 bridgehead atoms. The Balaban J connectivity index is 2.65. The van der Waals surface area contributed by atoms with E-state index in [0.717, 1.165) is 19.3 Å². The monoisotopic (exact) mass is 220 g/mol. The second-order valence-corrected chi connectivity index (χ2v) is 5.75. The molecule has 90 valence electrons. The van der Waals surface area contributed by atoms with Gasteiger partial charge in [0.15, 0.2) is 5.78 Å². The van der Waals surface area contributed by atoms with Gasteiger partial charge in [0, 0.05) is 6.42 Å². The predicted molar refractivity (Wildman–Crippen MR) is 69.3 cm³/mol. The van der Waals surface area contributed by atoms with Crippen molar-refractivity contribution in [1.29, 1.82) is 0 Å². The summed E-state index contributed by atoms with van der Waals surface area (Å²) in [6.07, 6.45) is 13.1. The first-order valence-corrected chi connectivity index (χ1v) is 6.34. The molecule has 1 rings (SSSR count). The fourth-order valence-electron chi connectivity index (χ4n) is 2.10. The summed E-state index contributed by atoms with van der Waals surface area (Å²) in [5, 5.41) is 0. The molecule has 1 aliphatic rings. The number of carbonyl (C=O) groups excluding carboxylic acids is 1. The molecular formula is C15H24O. The highest BCUT2D eigenvalue weighted by Crippen LogP contribution is 2.33. The van der Waals surface area contributed by atoms with E-state index >= 15 is 0 Å². The molecule has 0 spiro atoms. The van der Waals surface area contributed by atoms with Crippen molar-refractivity contribution in [3.05, 3.63) is 24.3 Å². The molecular weight excluding hydrogens is 196 g/mol. The van der Waals surface area contributed by atoms with E-state index in [9.17, 15) is 4.79 Å². The van der Waals surface area contributed by atoms with Gasteiger partial charge in [-0.3, -0.25) is 4.79 Å². The van der Waals surface area contributed by atoms with Gasteiger partial charge in [-0.1, -0.05) is 39.0 Å². The minimum atomic E-state index is 0.263. The lowest BCUT2D eigenvalue weighted by atomic mass is 9.76. The third-order valence-electron chi connectivity index (χ3n) is 3.35. The molecule has 1 nitrogen and oxygen atoms in total. The Hall–Kier alpha value is -0.850. The van der Waals surface area contributed by atoms with E-state index < -0.39 is 0 Å². The van der Waals surface area contributed by atoms with Gasteiger partial charge < -0.3 is 0 Å². The molecule has 1 heteroatoms. The van der Waals surface area contributed by atoms with Crippen LogP contribution in [0.1, 0.15) is 52.9 Å². The van der Waals surface area contributed by atoms with Crippen molar-refractivity contribution >= 4 is 5.78 Å². The zero-order chi connectivity index (χ0) is 12.0. The Morgan fingerprint density at radius 3 is 2.56 bits per heavy atom. The maximum Gasteiger partial charge on any atom is 0.155 e. The Labute approximate surface area is 99.6 Å². The lowest BCUT2D eigenvalue weighted by Crippen LogP contribution is -2.19. The van der Waals surface area contributed by atoms with Crippen LogP contribution in [-0.4, -0.2) is 5.78 Å². The standard InChI is InChI=1S/C15H24O/c1-15(2,3)13-9-5-4-6-11-14(16)12-8-7-10-13/h4-5,8,12-13H,6-7,9-11H2,1-3H3. The summed E-state index contributed by atoms with van der Waals surface area (Å²) in [5.74, 6) is 0.973. The third-order valence-corrected chi connectivity index (χ3v) is 3.35. The van der Waals surface area contributed by atoms with Crippen molar-refractivity contribution in [2.45, 2.75) is 52.9 Å². The lowest BCUT2D eigenvalue weighted by molar-refractivity contribution is -0.114. The fourth-order valence-corrected chi connectivity index (χ4v) is 2.10. The van der Waals surface area contributed by atoms with Crippen LogP contribution in [0.25, 0.3) is 0 Å². The molecule has 0 aromatic carbocycles. The molecule has 0 fully saturated rings. The number of carbonyl (C=O) groups is 1. The zero-order valence-electron chi connectivity index (χ0n) is 10.8. The highest BCUT2D eigenvalue weighted by Gasteiger charge is 2.22. The zero-order valence-corrected chi connectivity index (χ0v) is 10.8. The normalized spacial score (nSPS) is 24.2. The van der Waals surface area contributed by atoms with Crippen LogP contribution in [0.2, 0.25) is 0 Å². The summed E-state index contributed by atoms with van der Waals surface area (Å²) in [6.45, 7) is 6.92. The summed E-state index contributed by atoms with van der Waals surface area (Å²) in [5.41, 5.74) is 0.357. The van der Waals surface area contributed by atoms with Crippen molar-refractivity contribution in [1.82, 2.24) is 0 Å². The van der Waals surface area contributed by atoms with Crippen molar-refractivity contribution in [3.63, 3.8) is 0 Å². The lowest BCUT2D eigenvalue weighted by Gasteiger charge is -2.29. The molecule has 0 amide bonds.